The van der Waals surface area contributed by atoms with Crippen LogP contribution < -0.4 is 10.2 Å². The summed E-state index contributed by atoms with van der Waals surface area (Å²) < 4.78 is 7.08. The lowest BCUT2D eigenvalue weighted by atomic mass is 10.1. The smallest absolute Gasteiger partial charge is 0.250 e. The van der Waals surface area contributed by atoms with E-state index in [1.165, 1.54) is 11.8 Å². The minimum absolute atomic E-state index is 0.125. The number of rotatable bonds is 8. The number of aromatic nitrogens is 3. The minimum Gasteiger partial charge on any atom is -0.497 e. The van der Waals surface area contributed by atoms with Gasteiger partial charge in [-0.1, -0.05) is 53.7 Å². The Morgan fingerprint density at radius 2 is 1.74 bits per heavy atom. The number of halogens is 1. The first-order valence-corrected chi connectivity index (χ1v) is 11.8. The summed E-state index contributed by atoms with van der Waals surface area (Å²) in [5.74, 6) is 1.32. The second kappa shape index (κ2) is 11.0. The van der Waals surface area contributed by atoms with Crippen LogP contribution in [0.2, 0.25) is 5.02 Å². The molecule has 4 aromatic rings. The Hall–Kier alpha value is -3.62. The number of hydrogen-bond acceptors (Lipinski definition) is 6. The number of hydrogen-bond donors (Lipinski definition) is 1. The van der Waals surface area contributed by atoms with Gasteiger partial charge in [-0.15, -0.1) is 10.2 Å². The van der Waals surface area contributed by atoms with E-state index in [-0.39, 0.29) is 11.7 Å². The Labute approximate surface area is 206 Å². The fourth-order valence-corrected chi connectivity index (χ4v) is 4.04. The van der Waals surface area contributed by atoms with Crippen LogP contribution in [0.25, 0.3) is 17.1 Å². The molecule has 0 spiro atoms. The fraction of sp³-hybridized carbons (Fsp3) is 0.120. The minimum atomic E-state index is -0.246. The maximum absolute atomic E-state index is 12.5. The van der Waals surface area contributed by atoms with Crippen molar-refractivity contribution in [2.45, 2.75) is 12.1 Å². The summed E-state index contributed by atoms with van der Waals surface area (Å²) in [5, 5.41) is 14.2. The molecule has 9 heteroatoms. The number of carbonyl (C=O) groups excluding carboxylic acids is 1. The molecule has 172 valence electrons. The van der Waals surface area contributed by atoms with E-state index < -0.39 is 0 Å². The highest BCUT2D eigenvalue weighted by atomic mass is 35.5. The van der Waals surface area contributed by atoms with Crippen molar-refractivity contribution in [3.8, 4) is 22.8 Å². The molecule has 0 bridgehead atoms. The summed E-state index contributed by atoms with van der Waals surface area (Å²) in [5.41, 5.74) is 5.96. The number of nitrogens with one attached hydrogen (secondary N) is 1. The van der Waals surface area contributed by atoms with Crippen molar-refractivity contribution >= 4 is 35.0 Å². The van der Waals surface area contributed by atoms with Crippen molar-refractivity contribution < 1.29 is 9.53 Å². The Bertz CT molecular complexity index is 1290. The molecule has 0 aliphatic heterocycles. The normalized spacial score (nSPS) is 11.3. The van der Waals surface area contributed by atoms with Gasteiger partial charge in [0.1, 0.15) is 5.75 Å². The summed E-state index contributed by atoms with van der Waals surface area (Å²) in [6.45, 7) is 1.83. The molecule has 1 aromatic heterocycles. The quantitative estimate of drug-likeness (QED) is 0.207. The highest BCUT2D eigenvalue weighted by Gasteiger charge is 2.17. The molecule has 1 heterocycles. The Morgan fingerprint density at radius 1 is 1.03 bits per heavy atom. The van der Waals surface area contributed by atoms with Crippen molar-refractivity contribution in [1.82, 2.24) is 20.2 Å². The zero-order valence-electron chi connectivity index (χ0n) is 18.6. The first kappa shape index (κ1) is 23.5. The summed E-state index contributed by atoms with van der Waals surface area (Å²) in [6.07, 6.45) is 0. The van der Waals surface area contributed by atoms with E-state index in [1.807, 2.05) is 90.4 Å². The standard InChI is InChI=1S/C25H22ClN5O2S/c1-17(18-8-14-22(33-2)15-9-18)27-28-23(32)16-34-25-30-29-24(19-6-4-3-5-7-19)31(25)21-12-10-20(26)11-13-21/h3-15H,16H2,1-2H3,(H,28,32). The van der Waals surface area contributed by atoms with E-state index in [4.69, 9.17) is 16.3 Å². The maximum atomic E-state index is 12.5. The van der Waals surface area contributed by atoms with Crippen molar-refractivity contribution in [2.24, 2.45) is 5.10 Å². The van der Waals surface area contributed by atoms with Crippen molar-refractivity contribution in [2.75, 3.05) is 12.9 Å². The van der Waals surface area contributed by atoms with Gasteiger partial charge in [0, 0.05) is 16.3 Å². The van der Waals surface area contributed by atoms with Gasteiger partial charge < -0.3 is 4.74 Å². The topological polar surface area (TPSA) is 81.4 Å². The second-order valence-electron chi connectivity index (χ2n) is 7.23. The number of hydrazone groups is 1. The third-order valence-electron chi connectivity index (χ3n) is 4.94. The summed E-state index contributed by atoms with van der Waals surface area (Å²) in [7, 11) is 1.62. The number of amides is 1. The molecular weight excluding hydrogens is 470 g/mol. The molecule has 0 aliphatic carbocycles. The van der Waals surface area contributed by atoms with E-state index in [0.29, 0.717) is 21.7 Å². The molecule has 0 unspecified atom stereocenters. The van der Waals surface area contributed by atoms with Crippen molar-refractivity contribution in [3.05, 3.63) is 89.4 Å². The van der Waals surface area contributed by atoms with Crippen LogP contribution in [0, 0.1) is 0 Å². The maximum Gasteiger partial charge on any atom is 0.250 e. The number of ether oxygens (including phenoxy) is 1. The van der Waals surface area contributed by atoms with Gasteiger partial charge in [0.2, 0.25) is 0 Å². The summed E-state index contributed by atoms with van der Waals surface area (Å²) in [4.78, 5) is 12.5. The number of carbonyl (C=O) groups is 1. The molecule has 0 fully saturated rings. The van der Waals surface area contributed by atoms with Gasteiger partial charge in [0.15, 0.2) is 11.0 Å². The predicted molar refractivity (Wildman–Crippen MR) is 136 cm³/mol. The molecule has 1 amide bonds. The Kier molecular flexibility index (Phi) is 7.61. The molecule has 3 aromatic carbocycles. The van der Waals surface area contributed by atoms with Crippen LogP contribution in [0.3, 0.4) is 0 Å². The van der Waals surface area contributed by atoms with Crippen LogP contribution in [-0.4, -0.2) is 39.2 Å². The van der Waals surface area contributed by atoms with E-state index in [9.17, 15) is 4.79 Å². The van der Waals surface area contributed by atoms with Crippen molar-refractivity contribution in [1.29, 1.82) is 0 Å². The monoisotopic (exact) mass is 491 g/mol. The first-order valence-electron chi connectivity index (χ1n) is 10.4. The van der Waals surface area contributed by atoms with Gasteiger partial charge in [0.05, 0.1) is 18.6 Å². The zero-order valence-corrected chi connectivity index (χ0v) is 20.2. The lowest BCUT2D eigenvalue weighted by Crippen LogP contribution is -2.21. The van der Waals surface area contributed by atoms with Crippen LogP contribution in [0.4, 0.5) is 0 Å². The van der Waals surface area contributed by atoms with Crippen LogP contribution >= 0.6 is 23.4 Å². The molecule has 1 N–H and O–H groups in total. The predicted octanol–water partition coefficient (Wildman–Crippen LogP) is 5.23. The summed E-state index contributed by atoms with van der Waals surface area (Å²) in [6, 6.07) is 24.6. The van der Waals surface area contributed by atoms with Gasteiger partial charge in [-0.3, -0.25) is 9.36 Å². The molecule has 0 atom stereocenters. The van der Waals surface area contributed by atoms with Gasteiger partial charge in [-0.2, -0.15) is 5.10 Å². The van der Waals surface area contributed by atoms with Gasteiger partial charge >= 0.3 is 0 Å². The molecular formula is C25H22ClN5O2S. The van der Waals surface area contributed by atoms with Crippen LogP contribution in [-0.2, 0) is 4.79 Å². The van der Waals surface area contributed by atoms with E-state index >= 15 is 0 Å². The lowest BCUT2D eigenvalue weighted by Gasteiger charge is -2.10. The highest BCUT2D eigenvalue weighted by molar-refractivity contribution is 7.99. The average Bonchev–Trinajstić information content (AvgIpc) is 3.31. The molecule has 0 aliphatic rings. The van der Waals surface area contributed by atoms with E-state index in [0.717, 1.165) is 22.6 Å². The Morgan fingerprint density at radius 3 is 2.41 bits per heavy atom. The molecule has 7 nitrogen and oxygen atoms in total. The number of nitrogens with zero attached hydrogens (tertiary/aromatic N) is 4. The molecule has 4 rings (SSSR count). The van der Waals surface area contributed by atoms with E-state index in [1.54, 1.807) is 7.11 Å². The van der Waals surface area contributed by atoms with Gasteiger partial charge in [-0.05, 0) is 61.0 Å². The number of thioether (sulfide) groups is 1. The zero-order chi connectivity index (χ0) is 23.9. The lowest BCUT2D eigenvalue weighted by molar-refractivity contribution is -0.118. The van der Waals surface area contributed by atoms with Crippen molar-refractivity contribution in [3.63, 3.8) is 0 Å². The third kappa shape index (κ3) is 5.65. The average molecular weight is 492 g/mol. The Balaban J connectivity index is 1.49. The van der Waals surface area contributed by atoms with Crippen LogP contribution in [0.15, 0.2) is 89.1 Å². The largest absolute Gasteiger partial charge is 0.497 e. The van der Waals surface area contributed by atoms with Crippen LogP contribution in [0.5, 0.6) is 5.75 Å². The number of methoxy groups -OCH3 is 1. The third-order valence-corrected chi connectivity index (χ3v) is 6.12. The molecule has 0 saturated carbocycles. The second-order valence-corrected chi connectivity index (χ2v) is 8.61. The highest BCUT2D eigenvalue weighted by Crippen LogP contribution is 2.28. The van der Waals surface area contributed by atoms with E-state index in [2.05, 4.69) is 20.7 Å². The number of benzene rings is 3. The first-order chi connectivity index (χ1) is 16.5. The molecule has 0 radical (unpaired) electrons. The fourth-order valence-electron chi connectivity index (χ4n) is 3.17. The van der Waals surface area contributed by atoms with Gasteiger partial charge in [-0.25, -0.2) is 5.43 Å². The molecule has 0 saturated heterocycles. The van der Waals surface area contributed by atoms with Gasteiger partial charge in [0.25, 0.3) is 5.91 Å². The van der Waals surface area contributed by atoms with Crippen LogP contribution in [0.1, 0.15) is 12.5 Å². The molecule has 34 heavy (non-hydrogen) atoms. The SMILES string of the molecule is COc1ccc(C(C)=NNC(=O)CSc2nnc(-c3ccccc3)n2-c2ccc(Cl)cc2)cc1. The summed E-state index contributed by atoms with van der Waals surface area (Å²) >= 11 is 7.36.